The zero-order valence-electron chi connectivity index (χ0n) is 8.37. The predicted molar refractivity (Wildman–Crippen MR) is 53.4 cm³/mol. The topological polar surface area (TPSA) is 38.5 Å². The number of nitrogens with zero attached hydrogens (tertiary/aromatic N) is 1. The molecule has 0 aliphatic heterocycles. The molecule has 1 aromatic rings. The molecular weight excluding hydrogens is 164 g/mol. The molecule has 72 valence electrons. The molecule has 0 aromatic heterocycles. The molecule has 0 unspecified atom stereocenters. The summed E-state index contributed by atoms with van der Waals surface area (Å²) in [6.07, 6.45) is 0. The van der Waals surface area contributed by atoms with Crippen LogP contribution in [-0.4, -0.2) is 19.2 Å². The highest BCUT2D eigenvalue weighted by Crippen LogP contribution is 2.21. The molecule has 0 aliphatic rings. The molecule has 2 N–H and O–H groups in total. The Bertz CT molecular complexity index is 284. The van der Waals surface area contributed by atoms with Crippen LogP contribution in [0.15, 0.2) is 18.2 Å². The lowest BCUT2D eigenvalue weighted by molar-refractivity contribution is 0.339. The number of hydrazine groups is 1. The van der Waals surface area contributed by atoms with E-state index in [9.17, 15) is 0 Å². The Morgan fingerprint density at radius 1 is 1.46 bits per heavy atom. The molecule has 0 fully saturated rings. The predicted octanol–water partition coefficient (Wildman–Crippen LogP) is 1.31. The quantitative estimate of drug-likeness (QED) is 0.563. The van der Waals surface area contributed by atoms with Crippen molar-refractivity contribution in [1.82, 2.24) is 5.01 Å². The molecule has 1 aromatic carbocycles. The van der Waals surface area contributed by atoms with Gasteiger partial charge in [0.25, 0.3) is 0 Å². The first kappa shape index (κ1) is 10.0. The summed E-state index contributed by atoms with van der Waals surface area (Å²) in [6.45, 7) is 2.78. The fourth-order valence-corrected chi connectivity index (χ4v) is 1.32. The van der Waals surface area contributed by atoms with Crippen LogP contribution in [0.2, 0.25) is 0 Å². The SMILES string of the molecule is COc1cccc(CN(C)N)c1C. The van der Waals surface area contributed by atoms with Gasteiger partial charge in [0.1, 0.15) is 5.75 Å². The van der Waals surface area contributed by atoms with Gasteiger partial charge in [-0.25, -0.2) is 5.01 Å². The van der Waals surface area contributed by atoms with E-state index in [1.54, 1.807) is 12.1 Å². The summed E-state index contributed by atoms with van der Waals surface area (Å²) >= 11 is 0. The lowest BCUT2D eigenvalue weighted by Crippen LogP contribution is -2.25. The summed E-state index contributed by atoms with van der Waals surface area (Å²) in [7, 11) is 3.52. The number of nitrogens with two attached hydrogens (primary N) is 1. The minimum absolute atomic E-state index is 0.739. The van der Waals surface area contributed by atoms with Gasteiger partial charge in [-0.3, -0.25) is 5.84 Å². The second-order valence-corrected chi connectivity index (χ2v) is 3.16. The van der Waals surface area contributed by atoms with Gasteiger partial charge in [-0.05, 0) is 24.1 Å². The van der Waals surface area contributed by atoms with Crippen molar-refractivity contribution in [1.29, 1.82) is 0 Å². The Morgan fingerprint density at radius 3 is 2.69 bits per heavy atom. The summed E-state index contributed by atoms with van der Waals surface area (Å²) in [5.41, 5.74) is 2.35. The van der Waals surface area contributed by atoms with Crippen LogP contribution in [0.5, 0.6) is 5.75 Å². The molecule has 0 spiro atoms. The molecule has 1 rings (SSSR count). The van der Waals surface area contributed by atoms with E-state index < -0.39 is 0 Å². The van der Waals surface area contributed by atoms with Crippen LogP contribution in [0.4, 0.5) is 0 Å². The van der Waals surface area contributed by atoms with E-state index in [-0.39, 0.29) is 0 Å². The second kappa shape index (κ2) is 4.25. The highest BCUT2D eigenvalue weighted by molar-refractivity contribution is 5.38. The monoisotopic (exact) mass is 180 g/mol. The molecule has 13 heavy (non-hydrogen) atoms. The maximum Gasteiger partial charge on any atom is 0.122 e. The summed E-state index contributed by atoms with van der Waals surface area (Å²) in [5.74, 6) is 6.49. The molecule has 3 nitrogen and oxygen atoms in total. The van der Waals surface area contributed by atoms with Gasteiger partial charge in [-0.15, -0.1) is 0 Å². The summed E-state index contributed by atoms with van der Waals surface area (Å²) in [6, 6.07) is 5.99. The summed E-state index contributed by atoms with van der Waals surface area (Å²) < 4.78 is 5.21. The van der Waals surface area contributed by atoms with Crippen LogP contribution >= 0.6 is 0 Å². The molecule has 3 heteroatoms. The fraction of sp³-hybridized carbons (Fsp3) is 0.400. The summed E-state index contributed by atoms with van der Waals surface area (Å²) in [4.78, 5) is 0. The van der Waals surface area contributed by atoms with Gasteiger partial charge in [-0.2, -0.15) is 0 Å². The van der Waals surface area contributed by atoms with Gasteiger partial charge in [0, 0.05) is 13.6 Å². The van der Waals surface area contributed by atoms with E-state index in [0.29, 0.717) is 0 Å². The van der Waals surface area contributed by atoms with Gasteiger partial charge in [0.15, 0.2) is 0 Å². The Morgan fingerprint density at radius 2 is 2.15 bits per heavy atom. The maximum absolute atomic E-state index is 5.58. The van der Waals surface area contributed by atoms with E-state index in [0.717, 1.165) is 17.9 Å². The van der Waals surface area contributed by atoms with Crippen LogP contribution in [0, 0.1) is 6.92 Å². The number of ether oxygens (including phenoxy) is 1. The lowest BCUT2D eigenvalue weighted by Gasteiger charge is -2.13. The summed E-state index contributed by atoms with van der Waals surface area (Å²) in [5, 5.41) is 1.65. The first-order valence-corrected chi connectivity index (χ1v) is 4.23. The largest absolute Gasteiger partial charge is 0.496 e. The van der Waals surface area contributed by atoms with Crippen LogP contribution < -0.4 is 10.6 Å². The highest BCUT2D eigenvalue weighted by Gasteiger charge is 2.04. The molecule has 0 bridgehead atoms. The van der Waals surface area contributed by atoms with Gasteiger partial charge >= 0.3 is 0 Å². The minimum atomic E-state index is 0.739. The van der Waals surface area contributed by atoms with Crippen molar-refractivity contribution in [2.24, 2.45) is 5.84 Å². The molecular formula is C10H16N2O. The van der Waals surface area contributed by atoms with Crippen molar-refractivity contribution in [3.63, 3.8) is 0 Å². The van der Waals surface area contributed by atoms with Crippen molar-refractivity contribution >= 4 is 0 Å². The Hall–Kier alpha value is -1.06. The number of rotatable bonds is 3. The van der Waals surface area contributed by atoms with Gasteiger partial charge < -0.3 is 4.74 Å². The molecule has 0 radical (unpaired) electrons. The number of hydrogen-bond donors (Lipinski definition) is 1. The molecule has 0 atom stereocenters. The van der Waals surface area contributed by atoms with Crippen LogP contribution in [0.3, 0.4) is 0 Å². The van der Waals surface area contributed by atoms with Crippen molar-refractivity contribution in [2.45, 2.75) is 13.5 Å². The molecule has 0 aliphatic carbocycles. The number of methoxy groups -OCH3 is 1. The van der Waals surface area contributed by atoms with Crippen LogP contribution in [-0.2, 0) is 6.54 Å². The third-order valence-electron chi connectivity index (χ3n) is 2.04. The van der Waals surface area contributed by atoms with Gasteiger partial charge in [0.2, 0.25) is 0 Å². The van der Waals surface area contributed by atoms with Crippen molar-refractivity contribution in [3.8, 4) is 5.75 Å². The maximum atomic E-state index is 5.58. The van der Waals surface area contributed by atoms with Crippen LogP contribution in [0.1, 0.15) is 11.1 Å². The van der Waals surface area contributed by atoms with E-state index in [1.807, 2.05) is 26.1 Å². The normalized spacial score (nSPS) is 10.5. The fourth-order valence-electron chi connectivity index (χ4n) is 1.32. The van der Waals surface area contributed by atoms with Crippen molar-refractivity contribution in [2.75, 3.05) is 14.2 Å². The standard InChI is InChI=1S/C10H16N2O/c1-8-9(7-12(2)11)5-4-6-10(8)13-3/h4-6H,7,11H2,1-3H3. The molecule has 0 saturated carbocycles. The third-order valence-corrected chi connectivity index (χ3v) is 2.04. The Balaban J connectivity index is 2.94. The van der Waals surface area contributed by atoms with E-state index in [4.69, 9.17) is 10.6 Å². The van der Waals surface area contributed by atoms with Crippen molar-refractivity contribution < 1.29 is 4.74 Å². The zero-order valence-corrected chi connectivity index (χ0v) is 8.37. The zero-order chi connectivity index (χ0) is 9.84. The highest BCUT2D eigenvalue weighted by atomic mass is 16.5. The first-order valence-electron chi connectivity index (χ1n) is 4.23. The van der Waals surface area contributed by atoms with E-state index in [2.05, 4.69) is 6.07 Å². The molecule has 0 amide bonds. The Kier molecular flexibility index (Phi) is 3.28. The van der Waals surface area contributed by atoms with E-state index in [1.165, 1.54) is 5.56 Å². The van der Waals surface area contributed by atoms with Crippen molar-refractivity contribution in [3.05, 3.63) is 29.3 Å². The van der Waals surface area contributed by atoms with Crippen LogP contribution in [0.25, 0.3) is 0 Å². The van der Waals surface area contributed by atoms with E-state index >= 15 is 0 Å². The number of benzene rings is 1. The Labute approximate surface area is 79.1 Å². The lowest BCUT2D eigenvalue weighted by atomic mass is 10.1. The minimum Gasteiger partial charge on any atom is -0.496 e. The third kappa shape index (κ3) is 2.44. The second-order valence-electron chi connectivity index (χ2n) is 3.16. The van der Waals surface area contributed by atoms with Gasteiger partial charge in [0.05, 0.1) is 7.11 Å². The first-order chi connectivity index (χ1) is 6.15. The molecule has 0 saturated heterocycles. The smallest absolute Gasteiger partial charge is 0.122 e. The van der Waals surface area contributed by atoms with Gasteiger partial charge in [-0.1, -0.05) is 12.1 Å². The number of hydrogen-bond acceptors (Lipinski definition) is 3. The molecule has 0 heterocycles. The average molecular weight is 180 g/mol. The average Bonchev–Trinajstić information content (AvgIpc) is 2.08.